The highest BCUT2D eigenvalue weighted by atomic mass is 79.9. The molecule has 4 nitrogen and oxygen atoms in total. The van der Waals surface area contributed by atoms with E-state index in [1.54, 1.807) is 0 Å². The van der Waals surface area contributed by atoms with Crippen molar-refractivity contribution in [3.8, 4) is 5.75 Å². The van der Waals surface area contributed by atoms with Crippen LogP contribution >= 0.6 is 15.9 Å². The van der Waals surface area contributed by atoms with Crippen LogP contribution in [0.3, 0.4) is 0 Å². The average molecular weight is 341 g/mol. The molecule has 1 aliphatic rings. The summed E-state index contributed by atoms with van der Waals surface area (Å²) >= 11 is 3.52. The van der Waals surface area contributed by atoms with Crippen LogP contribution in [0, 0.1) is 0 Å². The molecule has 0 aromatic heterocycles. The van der Waals surface area contributed by atoms with Crippen LogP contribution in [0.15, 0.2) is 22.7 Å². The molecule has 0 bridgehead atoms. The lowest BCUT2D eigenvalue weighted by Gasteiger charge is -2.17. The molecule has 0 saturated carbocycles. The van der Waals surface area contributed by atoms with E-state index in [0.29, 0.717) is 0 Å². The molecule has 20 heavy (non-hydrogen) atoms. The van der Waals surface area contributed by atoms with Crippen molar-refractivity contribution in [3.05, 3.63) is 28.2 Å². The van der Waals surface area contributed by atoms with Crippen LogP contribution in [0.25, 0.3) is 0 Å². The van der Waals surface area contributed by atoms with Crippen LogP contribution in [0.1, 0.15) is 31.7 Å². The second kappa shape index (κ2) is 7.64. The molecular formula is C15H21BrN2O2. The second-order valence-electron chi connectivity index (χ2n) is 4.94. The van der Waals surface area contributed by atoms with Gasteiger partial charge in [-0.1, -0.05) is 13.0 Å². The summed E-state index contributed by atoms with van der Waals surface area (Å²) in [6.45, 7) is 4.61. The van der Waals surface area contributed by atoms with Gasteiger partial charge in [0.05, 0.1) is 4.47 Å². The van der Waals surface area contributed by atoms with E-state index in [1.165, 1.54) is 5.56 Å². The summed E-state index contributed by atoms with van der Waals surface area (Å²) < 4.78 is 6.75. The Bertz CT molecular complexity index is 465. The highest BCUT2D eigenvalue weighted by molar-refractivity contribution is 9.10. The maximum Gasteiger partial charge on any atom is 0.261 e. The third kappa shape index (κ3) is 4.21. The third-order valence-corrected chi connectivity index (χ3v) is 3.95. The minimum Gasteiger partial charge on any atom is -0.479 e. The molecule has 0 aliphatic carbocycles. The smallest absolute Gasteiger partial charge is 0.261 e. The standard InChI is InChI=1S/C15H21BrN2O2/c1-2-17-10-11-6-7-13(12(16)9-11)20-14-5-3-4-8-18-15(14)19/h6-7,9,14,17H,2-5,8,10H2,1H3,(H,18,19). The summed E-state index contributed by atoms with van der Waals surface area (Å²) in [7, 11) is 0. The van der Waals surface area contributed by atoms with Gasteiger partial charge in [0.1, 0.15) is 5.75 Å². The molecule has 110 valence electrons. The van der Waals surface area contributed by atoms with Gasteiger partial charge in [0.2, 0.25) is 0 Å². The molecule has 2 N–H and O–H groups in total. The Morgan fingerprint density at radius 3 is 3.05 bits per heavy atom. The van der Waals surface area contributed by atoms with E-state index in [9.17, 15) is 4.79 Å². The van der Waals surface area contributed by atoms with Crippen molar-refractivity contribution < 1.29 is 9.53 Å². The first-order chi connectivity index (χ1) is 9.70. The molecule has 1 aliphatic heterocycles. The van der Waals surface area contributed by atoms with Gasteiger partial charge in [0.25, 0.3) is 5.91 Å². The first kappa shape index (κ1) is 15.3. The van der Waals surface area contributed by atoms with Crippen molar-refractivity contribution >= 4 is 21.8 Å². The number of rotatable bonds is 5. The maximum absolute atomic E-state index is 11.9. The SMILES string of the molecule is CCNCc1ccc(OC2CCCCNC2=O)c(Br)c1. The van der Waals surface area contributed by atoms with Gasteiger partial charge in [-0.05, 0) is 59.4 Å². The van der Waals surface area contributed by atoms with Crippen LogP contribution < -0.4 is 15.4 Å². The number of ether oxygens (including phenoxy) is 1. The van der Waals surface area contributed by atoms with Crippen molar-refractivity contribution in [3.63, 3.8) is 0 Å². The van der Waals surface area contributed by atoms with Crippen molar-refractivity contribution in [2.75, 3.05) is 13.1 Å². The Hall–Kier alpha value is -1.07. The Kier molecular flexibility index (Phi) is 5.86. The van der Waals surface area contributed by atoms with Crippen LogP contribution in [-0.2, 0) is 11.3 Å². The lowest BCUT2D eigenvalue weighted by molar-refractivity contribution is -0.127. The minimum atomic E-state index is -0.381. The minimum absolute atomic E-state index is 0.00822. The number of amides is 1. The number of hydrogen-bond acceptors (Lipinski definition) is 3. The summed E-state index contributed by atoms with van der Waals surface area (Å²) in [4.78, 5) is 11.9. The van der Waals surface area contributed by atoms with Crippen molar-refractivity contribution in [2.45, 2.75) is 38.8 Å². The van der Waals surface area contributed by atoms with Crippen molar-refractivity contribution in [1.29, 1.82) is 0 Å². The zero-order valence-corrected chi connectivity index (χ0v) is 13.3. The predicted octanol–water partition coefficient (Wildman–Crippen LogP) is 2.61. The van der Waals surface area contributed by atoms with E-state index in [1.807, 2.05) is 18.2 Å². The lowest BCUT2D eigenvalue weighted by Crippen LogP contribution is -2.36. The number of nitrogens with one attached hydrogen (secondary N) is 2. The summed E-state index contributed by atoms with van der Waals surface area (Å²) in [5.41, 5.74) is 1.19. The van der Waals surface area contributed by atoms with Gasteiger partial charge < -0.3 is 15.4 Å². The fourth-order valence-electron chi connectivity index (χ4n) is 2.20. The molecule has 1 unspecified atom stereocenters. The summed E-state index contributed by atoms with van der Waals surface area (Å²) in [5.74, 6) is 0.721. The molecule has 1 aromatic rings. The Morgan fingerprint density at radius 2 is 2.30 bits per heavy atom. The van der Waals surface area contributed by atoms with Gasteiger partial charge in [-0.25, -0.2) is 0 Å². The first-order valence-electron chi connectivity index (χ1n) is 7.14. The molecule has 1 atom stereocenters. The zero-order chi connectivity index (χ0) is 14.4. The molecule has 1 fully saturated rings. The molecule has 0 radical (unpaired) electrons. The number of carbonyl (C=O) groups excluding carboxylic acids is 1. The average Bonchev–Trinajstić information content (AvgIpc) is 2.64. The molecule has 1 heterocycles. The molecule has 0 spiro atoms. The van der Waals surface area contributed by atoms with Gasteiger partial charge in [-0.3, -0.25) is 4.79 Å². The number of halogens is 1. The van der Waals surface area contributed by atoms with Crippen molar-refractivity contribution in [2.24, 2.45) is 0 Å². The highest BCUT2D eigenvalue weighted by Crippen LogP contribution is 2.28. The van der Waals surface area contributed by atoms with E-state index in [-0.39, 0.29) is 12.0 Å². The Balaban J connectivity index is 2.03. The van der Waals surface area contributed by atoms with Crippen LogP contribution in [0.5, 0.6) is 5.75 Å². The monoisotopic (exact) mass is 340 g/mol. The van der Waals surface area contributed by atoms with Crippen molar-refractivity contribution in [1.82, 2.24) is 10.6 Å². The van der Waals surface area contributed by atoms with E-state index < -0.39 is 0 Å². The summed E-state index contributed by atoms with van der Waals surface area (Å²) in [6, 6.07) is 5.99. The molecule has 1 aromatic carbocycles. The van der Waals surface area contributed by atoms with Gasteiger partial charge >= 0.3 is 0 Å². The predicted molar refractivity (Wildman–Crippen MR) is 82.8 cm³/mol. The molecule has 2 rings (SSSR count). The molecular weight excluding hydrogens is 320 g/mol. The van der Waals surface area contributed by atoms with Gasteiger partial charge in [0.15, 0.2) is 6.10 Å². The fourth-order valence-corrected chi connectivity index (χ4v) is 2.72. The van der Waals surface area contributed by atoms with E-state index in [2.05, 4.69) is 33.5 Å². The van der Waals surface area contributed by atoms with Crippen LogP contribution in [-0.4, -0.2) is 25.1 Å². The normalized spacial score (nSPS) is 19.3. The largest absolute Gasteiger partial charge is 0.479 e. The zero-order valence-electron chi connectivity index (χ0n) is 11.7. The quantitative estimate of drug-likeness (QED) is 0.866. The number of benzene rings is 1. The molecule has 5 heteroatoms. The second-order valence-corrected chi connectivity index (χ2v) is 5.79. The maximum atomic E-state index is 11.9. The van der Waals surface area contributed by atoms with Gasteiger partial charge in [0, 0.05) is 13.1 Å². The fraction of sp³-hybridized carbons (Fsp3) is 0.533. The number of carbonyl (C=O) groups is 1. The highest BCUT2D eigenvalue weighted by Gasteiger charge is 2.23. The van der Waals surface area contributed by atoms with E-state index in [0.717, 1.165) is 49.1 Å². The Morgan fingerprint density at radius 1 is 1.45 bits per heavy atom. The van der Waals surface area contributed by atoms with E-state index >= 15 is 0 Å². The Labute approximate surface area is 128 Å². The van der Waals surface area contributed by atoms with E-state index in [4.69, 9.17) is 4.74 Å². The van der Waals surface area contributed by atoms with Gasteiger partial charge in [-0.15, -0.1) is 0 Å². The summed E-state index contributed by atoms with van der Waals surface area (Å²) in [6.07, 6.45) is 2.43. The van der Waals surface area contributed by atoms with Crippen LogP contribution in [0.2, 0.25) is 0 Å². The van der Waals surface area contributed by atoms with Gasteiger partial charge in [-0.2, -0.15) is 0 Å². The molecule has 1 saturated heterocycles. The molecule has 1 amide bonds. The van der Waals surface area contributed by atoms with Crippen LogP contribution in [0.4, 0.5) is 0 Å². The third-order valence-electron chi connectivity index (χ3n) is 3.33. The first-order valence-corrected chi connectivity index (χ1v) is 7.93. The summed E-state index contributed by atoms with van der Waals surface area (Å²) in [5, 5.41) is 6.17. The number of hydrogen-bond donors (Lipinski definition) is 2. The lowest BCUT2D eigenvalue weighted by atomic mass is 10.1. The topological polar surface area (TPSA) is 50.4 Å².